The lowest BCUT2D eigenvalue weighted by Crippen LogP contribution is -2.33. The zero-order chi connectivity index (χ0) is 26.5. The van der Waals surface area contributed by atoms with Crippen molar-refractivity contribution in [3.05, 3.63) is 114 Å². The van der Waals surface area contributed by atoms with Crippen molar-refractivity contribution >= 4 is 34.9 Å². The van der Waals surface area contributed by atoms with Crippen LogP contribution in [0.1, 0.15) is 40.3 Å². The van der Waals surface area contributed by atoms with Crippen molar-refractivity contribution in [2.45, 2.75) is 18.5 Å². The van der Waals surface area contributed by atoms with Crippen LogP contribution >= 0.6 is 12.2 Å². The monoisotopic (exact) mass is 525 g/mol. The second-order valence-corrected chi connectivity index (χ2v) is 9.21. The number of benzene rings is 2. The van der Waals surface area contributed by atoms with Gasteiger partial charge in [0.15, 0.2) is 5.11 Å². The third kappa shape index (κ3) is 5.28. The lowest BCUT2D eigenvalue weighted by molar-refractivity contribution is -0.116. The molecule has 5 rings (SSSR count). The van der Waals surface area contributed by atoms with Gasteiger partial charge in [0, 0.05) is 42.4 Å². The van der Waals surface area contributed by atoms with Crippen LogP contribution in [0.5, 0.6) is 0 Å². The third-order valence-electron chi connectivity index (χ3n) is 6.48. The molecule has 0 saturated carbocycles. The molecule has 0 unspecified atom stereocenters. The van der Waals surface area contributed by atoms with Crippen LogP contribution in [0.25, 0.3) is 5.69 Å². The average Bonchev–Trinajstić information content (AvgIpc) is 3.56. The summed E-state index contributed by atoms with van der Waals surface area (Å²) in [6.45, 7) is 0.422. The predicted octanol–water partition coefficient (Wildman–Crippen LogP) is 4.66. The summed E-state index contributed by atoms with van der Waals surface area (Å²) >= 11 is 5.76. The lowest BCUT2D eigenvalue weighted by Gasteiger charge is -2.29. The fourth-order valence-electron chi connectivity index (χ4n) is 4.68. The molecule has 1 aliphatic rings. The first-order chi connectivity index (χ1) is 18.5. The van der Waals surface area contributed by atoms with Crippen molar-refractivity contribution < 1.29 is 14.3 Å². The van der Waals surface area contributed by atoms with Crippen LogP contribution in [0, 0.1) is 0 Å². The molecular weight excluding hydrogens is 498 g/mol. The number of aromatic nitrogens is 2. The van der Waals surface area contributed by atoms with E-state index in [-0.39, 0.29) is 30.4 Å². The van der Waals surface area contributed by atoms with Gasteiger partial charge in [-0.05, 0) is 72.9 Å². The second-order valence-electron chi connectivity index (χ2n) is 8.83. The second kappa shape index (κ2) is 11.3. The van der Waals surface area contributed by atoms with Crippen molar-refractivity contribution in [3.63, 3.8) is 0 Å². The van der Waals surface area contributed by atoms with Gasteiger partial charge in [-0.2, -0.15) is 0 Å². The summed E-state index contributed by atoms with van der Waals surface area (Å²) in [4.78, 5) is 31.3. The number of ether oxygens (including phenoxy) is 1. The first-order valence-corrected chi connectivity index (χ1v) is 12.6. The van der Waals surface area contributed by atoms with E-state index in [1.54, 1.807) is 18.3 Å². The number of nitrogens with one attached hydrogen (secondary N) is 2. The zero-order valence-electron chi connectivity index (χ0n) is 20.8. The van der Waals surface area contributed by atoms with E-state index in [2.05, 4.69) is 20.2 Å². The molecular formula is C29H27N5O3S. The molecule has 4 aromatic rings. The Hall–Kier alpha value is -4.50. The summed E-state index contributed by atoms with van der Waals surface area (Å²) in [5, 5.41) is 6.94. The summed E-state index contributed by atoms with van der Waals surface area (Å²) < 4.78 is 6.89. The molecule has 0 bridgehead atoms. The number of nitrogens with zero attached hydrogens (tertiary/aromatic N) is 3. The maximum atomic E-state index is 12.8. The molecule has 1 fully saturated rings. The highest BCUT2D eigenvalue weighted by Gasteiger charge is 2.41. The van der Waals surface area contributed by atoms with Crippen molar-refractivity contribution in [2.75, 3.05) is 19.0 Å². The largest absolute Gasteiger partial charge is 0.465 e. The Balaban J connectivity index is 1.44. The van der Waals surface area contributed by atoms with E-state index < -0.39 is 0 Å². The minimum atomic E-state index is -0.384. The van der Waals surface area contributed by atoms with Gasteiger partial charge in [-0.1, -0.05) is 24.3 Å². The van der Waals surface area contributed by atoms with Crippen LogP contribution < -0.4 is 10.6 Å². The van der Waals surface area contributed by atoms with Crippen LogP contribution in [0.15, 0.2) is 97.3 Å². The molecule has 0 radical (unpaired) electrons. The van der Waals surface area contributed by atoms with Gasteiger partial charge in [0.05, 0.1) is 30.5 Å². The average molecular weight is 526 g/mol. The molecule has 8 nitrogen and oxygen atoms in total. The van der Waals surface area contributed by atoms with Gasteiger partial charge in [-0.15, -0.1) is 0 Å². The van der Waals surface area contributed by atoms with Crippen molar-refractivity contribution in [1.82, 2.24) is 19.8 Å². The molecule has 2 N–H and O–H groups in total. The molecule has 3 heterocycles. The number of para-hydroxylation sites is 1. The fourth-order valence-corrected chi connectivity index (χ4v) is 5.01. The Morgan fingerprint density at radius 3 is 2.47 bits per heavy atom. The molecule has 0 spiro atoms. The molecule has 38 heavy (non-hydrogen) atoms. The first kappa shape index (κ1) is 25.2. The number of thiocarbonyl (C=S) groups is 1. The molecule has 0 aliphatic carbocycles. The smallest absolute Gasteiger partial charge is 0.337 e. The number of carbonyl (C=O) groups is 2. The molecule has 2 aromatic heterocycles. The molecule has 1 saturated heterocycles. The van der Waals surface area contributed by atoms with E-state index in [0.29, 0.717) is 17.2 Å². The standard InChI is InChI=1S/C29H27N5O3S/c1-37-28(36)20-12-14-22(15-13-20)33-18-7-11-24(33)27-26(23-10-5-6-17-30-23)32-29(38)34(27)19-16-25(35)31-21-8-3-2-4-9-21/h2-15,17-18,26-27H,16,19H2,1H3,(H,31,35)(H,32,38)/t26-,27-/m0/s1. The van der Waals surface area contributed by atoms with Gasteiger partial charge in [-0.3, -0.25) is 9.78 Å². The summed E-state index contributed by atoms with van der Waals surface area (Å²) in [6.07, 6.45) is 3.99. The minimum Gasteiger partial charge on any atom is -0.465 e. The lowest BCUT2D eigenvalue weighted by atomic mass is 10.0. The molecule has 9 heteroatoms. The third-order valence-corrected chi connectivity index (χ3v) is 6.84. The Morgan fingerprint density at radius 1 is 1.00 bits per heavy atom. The van der Waals surface area contributed by atoms with Crippen LogP contribution in [0.3, 0.4) is 0 Å². The van der Waals surface area contributed by atoms with Gasteiger partial charge in [0.1, 0.15) is 0 Å². The molecule has 1 aliphatic heterocycles. The van der Waals surface area contributed by atoms with Gasteiger partial charge in [0.25, 0.3) is 0 Å². The van der Waals surface area contributed by atoms with Gasteiger partial charge >= 0.3 is 5.97 Å². The van der Waals surface area contributed by atoms with Crippen LogP contribution in [-0.4, -0.2) is 45.1 Å². The number of hydrogen-bond donors (Lipinski definition) is 2. The van der Waals surface area contributed by atoms with Crippen LogP contribution in [0.4, 0.5) is 5.69 Å². The number of esters is 1. The van der Waals surface area contributed by atoms with Gasteiger partial charge in [0.2, 0.25) is 5.91 Å². The summed E-state index contributed by atoms with van der Waals surface area (Å²) in [5.41, 5.74) is 3.95. The van der Waals surface area contributed by atoms with Gasteiger partial charge < -0.3 is 24.8 Å². The topological polar surface area (TPSA) is 88.5 Å². The summed E-state index contributed by atoms with van der Waals surface area (Å²) in [5.74, 6) is -0.474. The molecule has 1 amide bonds. The minimum absolute atomic E-state index is 0.0900. The van der Waals surface area contributed by atoms with Crippen LogP contribution in [0.2, 0.25) is 0 Å². The van der Waals surface area contributed by atoms with E-state index in [0.717, 1.165) is 22.8 Å². The number of rotatable bonds is 8. The number of hydrogen-bond acceptors (Lipinski definition) is 5. The summed E-state index contributed by atoms with van der Waals surface area (Å²) in [6, 6.07) is 26.0. The maximum Gasteiger partial charge on any atom is 0.337 e. The number of anilines is 1. The van der Waals surface area contributed by atoms with Crippen LogP contribution in [-0.2, 0) is 9.53 Å². The van der Waals surface area contributed by atoms with E-state index in [1.807, 2.05) is 83.9 Å². The van der Waals surface area contributed by atoms with E-state index >= 15 is 0 Å². The highest BCUT2D eigenvalue weighted by Crippen LogP contribution is 2.39. The van der Waals surface area contributed by atoms with Crippen molar-refractivity contribution in [1.29, 1.82) is 0 Å². The highest BCUT2D eigenvalue weighted by molar-refractivity contribution is 7.80. The summed E-state index contributed by atoms with van der Waals surface area (Å²) in [7, 11) is 1.36. The van der Waals surface area contributed by atoms with E-state index in [1.165, 1.54) is 7.11 Å². The number of amides is 1. The van der Waals surface area contributed by atoms with Gasteiger partial charge in [-0.25, -0.2) is 4.79 Å². The molecule has 192 valence electrons. The number of pyridine rings is 1. The quantitative estimate of drug-likeness (QED) is 0.256. The number of carbonyl (C=O) groups excluding carboxylic acids is 2. The maximum absolute atomic E-state index is 12.8. The molecule has 2 aromatic carbocycles. The SMILES string of the molecule is COC(=O)c1ccc(-n2cccc2[C@H]2[C@H](c3ccccn3)NC(=S)N2CCC(=O)Nc2ccccc2)cc1. The Bertz CT molecular complexity index is 1420. The fraction of sp³-hybridized carbons (Fsp3) is 0.172. The zero-order valence-corrected chi connectivity index (χ0v) is 21.6. The highest BCUT2D eigenvalue weighted by atomic mass is 32.1. The first-order valence-electron chi connectivity index (χ1n) is 12.2. The Labute approximate surface area is 226 Å². The normalized spacial score (nSPS) is 16.7. The van der Waals surface area contributed by atoms with E-state index in [4.69, 9.17) is 17.0 Å². The van der Waals surface area contributed by atoms with Crippen molar-refractivity contribution in [2.24, 2.45) is 0 Å². The Kier molecular flexibility index (Phi) is 7.46. The number of methoxy groups -OCH3 is 1. The molecule has 2 atom stereocenters. The van der Waals surface area contributed by atoms with E-state index in [9.17, 15) is 9.59 Å². The van der Waals surface area contributed by atoms with Crippen molar-refractivity contribution in [3.8, 4) is 5.69 Å². The Morgan fingerprint density at radius 2 is 1.76 bits per heavy atom. The predicted molar refractivity (Wildman–Crippen MR) is 149 cm³/mol.